The molecule has 8 heteroatoms. The summed E-state index contributed by atoms with van der Waals surface area (Å²) < 4.78 is 1.95. The fourth-order valence-corrected chi connectivity index (χ4v) is 4.24. The Bertz CT molecular complexity index is 961. The third-order valence-electron chi connectivity index (χ3n) is 4.30. The molecule has 0 spiro atoms. The van der Waals surface area contributed by atoms with Crippen LogP contribution in [0.3, 0.4) is 0 Å². The van der Waals surface area contributed by atoms with Crippen LogP contribution in [0.2, 0.25) is 0 Å². The number of amides is 1. The smallest absolute Gasteiger partial charge is 0.236 e. The average Bonchev–Trinajstić information content (AvgIpc) is 3.25. The molecule has 1 aromatic carbocycles. The number of nitrogens with one attached hydrogen (secondary N) is 1. The summed E-state index contributed by atoms with van der Waals surface area (Å²) in [6.07, 6.45) is 1.68. The molecule has 0 aliphatic heterocycles. The maximum Gasteiger partial charge on any atom is 0.236 e. The van der Waals surface area contributed by atoms with Crippen LogP contribution < -0.4 is 5.32 Å². The Morgan fingerprint density at radius 3 is 2.70 bits per heavy atom. The van der Waals surface area contributed by atoms with Crippen molar-refractivity contribution in [1.29, 1.82) is 0 Å². The van der Waals surface area contributed by atoms with Crippen molar-refractivity contribution in [2.45, 2.75) is 45.8 Å². The van der Waals surface area contributed by atoms with Crippen LogP contribution in [0.1, 0.15) is 36.6 Å². The molecule has 6 nitrogen and oxygen atoms in total. The Morgan fingerprint density at radius 1 is 1.22 bits per heavy atom. The molecule has 0 bridgehead atoms. The lowest BCUT2D eigenvalue weighted by Crippen LogP contribution is -2.14. The first-order valence-corrected chi connectivity index (χ1v) is 10.6. The highest BCUT2D eigenvalue weighted by molar-refractivity contribution is 7.99. The van der Waals surface area contributed by atoms with Crippen molar-refractivity contribution in [3.63, 3.8) is 0 Å². The van der Waals surface area contributed by atoms with Gasteiger partial charge >= 0.3 is 0 Å². The molecule has 3 aromatic rings. The van der Waals surface area contributed by atoms with Gasteiger partial charge in [0, 0.05) is 17.0 Å². The number of thiazole rings is 1. The highest BCUT2D eigenvalue weighted by atomic mass is 32.2. The molecule has 0 atom stereocenters. The minimum Gasteiger partial charge on any atom is -0.306 e. The Morgan fingerprint density at radius 2 is 1.96 bits per heavy atom. The number of nitrogens with zero attached hydrogens (tertiary/aromatic N) is 4. The van der Waals surface area contributed by atoms with E-state index in [9.17, 15) is 4.79 Å². The first kappa shape index (κ1) is 19.6. The molecule has 0 fully saturated rings. The van der Waals surface area contributed by atoms with E-state index in [2.05, 4.69) is 67.2 Å². The number of thioether (sulfide) groups is 1. The van der Waals surface area contributed by atoms with Gasteiger partial charge in [-0.05, 0) is 57.4 Å². The van der Waals surface area contributed by atoms with Gasteiger partial charge in [-0.2, -0.15) is 0 Å². The Balaban J connectivity index is 1.65. The SMILES string of the molecule is Cc1cc(C)c(-c2csc(NC(=O)CSc3nncn3C(C)C)n2)cc1C. The third-order valence-corrected chi connectivity index (χ3v) is 6.01. The standard InChI is InChI=1S/C19H23N5OS2/c1-11(2)24-10-20-23-19(24)27-9-17(25)22-18-21-16(8-26-18)15-7-13(4)12(3)6-14(15)5/h6-8,10-11H,9H2,1-5H3,(H,21,22,25). The molecule has 1 N–H and O–H groups in total. The predicted octanol–water partition coefficient (Wildman–Crippen LogP) is 4.64. The van der Waals surface area contributed by atoms with Crippen LogP contribution in [0.4, 0.5) is 5.13 Å². The number of hydrogen-bond acceptors (Lipinski definition) is 6. The van der Waals surface area contributed by atoms with Gasteiger partial charge in [0.1, 0.15) is 6.33 Å². The van der Waals surface area contributed by atoms with Crippen molar-refractivity contribution in [2.24, 2.45) is 0 Å². The second kappa shape index (κ2) is 8.22. The molecule has 2 aromatic heterocycles. The highest BCUT2D eigenvalue weighted by Crippen LogP contribution is 2.29. The maximum atomic E-state index is 12.3. The van der Waals surface area contributed by atoms with E-state index in [0.717, 1.165) is 16.4 Å². The van der Waals surface area contributed by atoms with Gasteiger partial charge in [-0.3, -0.25) is 4.79 Å². The minimum atomic E-state index is -0.101. The molecule has 0 radical (unpaired) electrons. The van der Waals surface area contributed by atoms with Crippen LogP contribution in [0.15, 0.2) is 29.0 Å². The molecule has 0 saturated heterocycles. The molecule has 1 amide bonds. The van der Waals surface area contributed by atoms with Crippen molar-refractivity contribution in [3.8, 4) is 11.3 Å². The molecule has 3 rings (SSSR count). The summed E-state index contributed by atoms with van der Waals surface area (Å²) in [6, 6.07) is 4.58. The number of benzene rings is 1. The largest absolute Gasteiger partial charge is 0.306 e. The van der Waals surface area contributed by atoms with Gasteiger partial charge in [0.25, 0.3) is 0 Å². The maximum absolute atomic E-state index is 12.3. The zero-order valence-corrected chi connectivity index (χ0v) is 17.7. The van der Waals surface area contributed by atoms with Gasteiger partial charge in [-0.25, -0.2) is 4.98 Å². The number of carbonyl (C=O) groups is 1. The summed E-state index contributed by atoms with van der Waals surface area (Å²) >= 11 is 2.81. The summed E-state index contributed by atoms with van der Waals surface area (Å²) in [7, 11) is 0. The summed E-state index contributed by atoms with van der Waals surface area (Å²) in [5.74, 6) is 0.166. The first-order chi connectivity index (χ1) is 12.8. The van der Waals surface area contributed by atoms with E-state index in [-0.39, 0.29) is 17.7 Å². The summed E-state index contributed by atoms with van der Waals surface area (Å²) in [6.45, 7) is 10.4. The fourth-order valence-electron chi connectivity index (χ4n) is 2.67. The Kier molecular flexibility index (Phi) is 5.96. The average molecular weight is 402 g/mol. The molecule has 142 valence electrons. The predicted molar refractivity (Wildman–Crippen MR) is 112 cm³/mol. The minimum absolute atomic E-state index is 0.101. The summed E-state index contributed by atoms with van der Waals surface area (Å²) in [4.78, 5) is 16.9. The van der Waals surface area contributed by atoms with Crippen LogP contribution in [-0.4, -0.2) is 31.4 Å². The lowest BCUT2D eigenvalue weighted by molar-refractivity contribution is -0.113. The van der Waals surface area contributed by atoms with Crippen LogP contribution in [-0.2, 0) is 4.79 Å². The van der Waals surface area contributed by atoms with Crippen LogP contribution in [0.25, 0.3) is 11.3 Å². The molecule has 0 aliphatic rings. The summed E-state index contributed by atoms with van der Waals surface area (Å²) in [5, 5.41) is 14.2. The third kappa shape index (κ3) is 4.56. The van der Waals surface area contributed by atoms with Crippen molar-refractivity contribution in [2.75, 3.05) is 11.1 Å². The van der Waals surface area contributed by atoms with Gasteiger partial charge in [-0.15, -0.1) is 21.5 Å². The second-order valence-corrected chi connectivity index (χ2v) is 8.54. The normalized spacial score (nSPS) is 11.2. The topological polar surface area (TPSA) is 72.7 Å². The summed E-state index contributed by atoms with van der Waals surface area (Å²) in [5.41, 5.74) is 5.69. The Hall–Kier alpha value is -2.19. The second-order valence-electron chi connectivity index (χ2n) is 6.74. The Labute approximate surface area is 167 Å². The number of rotatable bonds is 6. The van der Waals surface area contributed by atoms with Crippen LogP contribution >= 0.6 is 23.1 Å². The van der Waals surface area contributed by atoms with Crippen molar-refractivity contribution in [3.05, 3.63) is 40.5 Å². The molecule has 2 heterocycles. The number of aromatic nitrogens is 4. The number of anilines is 1. The number of aryl methyl sites for hydroxylation is 3. The quantitative estimate of drug-likeness (QED) is 0.609. The molecule has 0 unspecified atom stereocenters. The molecule has 27 heavy (non-hydrogen) atoms. The van der Waals surface area contributed by atoms with E-state index < -0.39 is 0 Å². The van der Waals surface area contributed by atoms with E-state index in [4.69, 9.17) is 0 Å². The molecule has 0 aliphatic carbocycles. The fraction of sp³-hybridized carbons (Fsp3) is 0.368. The number of hydrogen-bond donors (Lipinski definition) is 1. The van der Waals surface area contributed by atoms with Gasteiger partial charge in [-0.1, -0.05) is 17.8 Å². The zero-order valence-electron chi connectivity index (χ0n) is 16.1. The van der Waals surface area contributed by atoms with E-state index in [1.807, 2.05) is 9.95 Å². The number of carbonyl (C=O) groups excluding carboxylic acids is 1. The van der Waals surface area contributed by atoms with E-state index in [1.54, 1.807) is 6.33 Å². The van der Waals surface area contributed by atoms with E-state index in [0.29, 0.717) is 5.13 Å². The molecular formula is C19H23N5OS2. The van der Waals surface area contributed by atoms with Crippen molar-refractivity contribution in [1.82, 2.24) is 19.7 Å². The van der Waals surface area contributed by atoms with Gasteiger partial charge in [0.15, 0.2) is 10.3 Å². The zero-order chi connectivity index (χ0) is 19.6. The van der Waals surface area contributed by atoms with Gasteiger partial charge in [0.2, 0.25) is 5.91 Å². The van der Waals surface area contributed by atoms with Gasteiger partial charge in [0.05, 0.1) is 11.4 Å². The van der Waals surface area contributed by atoms with Crippen molar-refractivity contribution >= 4 is 34.1 Å². The lowest BCUT2D eigenvalue weighted by Gasteiger charge is -2.09. The monoisotopic (exact) mass is 401 g/mol. The highest BCUT2D eigenvalue weighted by Gasteiger charge is 2.13. The molecular weight excluding hydrogens is 378 g/mol. The van der Waals surface area contributed by atoms with E-state index >= 15 is 0 Å². The van der Waals surface area contributed by atoms with Crippen LogP contribution in [0.5, 0.6) is 0 Å². The van der Waals surface area contributed by atoms with Crippen LogP contribution in [0, 0.1) is 20.8 Å². The lowest BCUT2D eigenvalue weighted by atomic mass is 9.99. The van der Waals surface area contributed by atoms with E-state index in [1.165, 1.54) is 39.8 Å². The molecule has 0 saturated carbocycles. The van der Waals surface area contributed by atoms with Crippen molar-refractivity contribution < 1.29 is 4.79 Å². The van der Waals surface area contributed by atoms with Gasteiger partial charge < -0.3 is 9.88 Å². The first-order valence-electron chi connectivity index (χ1n) is 8.71.